The normalized spacial score (nSPS) is 20.6. The van der Waals surface area contributed by atoms with E-state index in [2.05, 4.69) is 13.0 Å². The van der Waals surface area contributed by atoms with E-state index in [1.165, 1.54) is 64.2 Å². The first-order chi connectivity index (χ1) is 14.3. The van der Waals surface area contributed by atoms with Crippen molar-refractivity contribution in [2.45, 2.75) is 109 Å². The van der Waals surface area contributed by atoms with E-state index in [0.29, 0.717) is 12.6 Å². The maximum atomic E-state index is 12.6. The molecule has 1 saturated heterocycles. The van der Waals surface area contributed by atoms with Crippen molar-refractivity contribution in [1.82, 2.24) is 4.90 Å². The maximum Gasteiger partial charge on any atom is 0.410 e. The first-order valence-corrected chi connectivity index (χ1v) is 12.0. The minimum Gasteiger partial charge on any atom is -0.445 e. The summed E-state index contributed by atoms with van der Waals surface area (Å²) in [6, 6.07) is 10.6. The Morgan fingerprint density at radius 1 is 0.966 bits per heavy atom. The van der Waals surface area contributed by atoms with E-state index < -0.39 is 0 Å². The number of ether oxygens (including phenoxy) is 1. The molecule has 160 valence electrons. The summed E-state index contributed by atoms with van der Waals surface area (Å²) in [6.45, 7) is 2.64. The van der Waals surface area contributed by atoms with Crippen molar-refractivity contribution >= 4 is 6.09 Å². The molecule has 2 atom stereocenters. The molecule has 3 nitrogen and oxygen atoms in total. The number of fused-ring (bicyclic) bond motifs is 2. The number of unbranched alkanes of at least 4 members (excludes halogenated alkanes) is 8. The standard InChI is InChI=1S/C26H39NO2/c1-2-3-4-5-6-7-8-9-11-16-23-19-24-17-18-25(20-23)27(24)26(28)29-21-22-14-12-10-13-15-22/h10,12-15,19,24-25H,2-9,11,16-18,20-21H2,1H3. The summed E-state index contributed by atoms with van der Waals surface area (Å²) in [7, 11) is 0. The quantitative estimate of drug-likeness (QED) is 0.271. The molecule has 2 aliphatic rings. The van der Waals surface area contributed by atoms with Crippen molar-refractivity contribution in [3.05, 3.63) is 47.5 Å². The summed E-state index contributed by atoms with van der Waals surface area (Å²) in [5.74, 6) is 0. The number of hydrogen-bond donors (Lipinski definition) is 0. The molecule has 2 heterocycles. The number of benzene rings is 1. The van der Waals surface area contributed by atoms with Gasteiger partial charge in [0.25, 0.3) is 0 Å². The van der Waals surface area contributed by atoms with Crippen LogP contribution in [0.3, 0.4) is 0 Å². The fourth-order valence-electron chi connectivity index (χ4n) is 4.85. The molecule has 0 spiro atoms. The number of carbonyl (C=O) groups is 1. The molecular formula is C26H39NO2. The number of carbonyl (C=O) groups excluding carboxylic acids is 1. The second kappa shape index (κ2) is 12.0. The number of amides is 1. The van der Waals surface area contributed by atoms with Gasteiger partial charge < -0.3 is 4.74 Å². The number of nitrogens with zero attached hydrogens (tertiary/aromatic N) is 1. The van der Waals surface area contributed by atoms with Crippen LogP contribution in [0, 0.1) is 0 Å². The third-order valence-corrected chi connectivity index (χ3v) is 6.49. The smallest absolute Gasteiger partial charge is 0.410 e. The Hall–Kier alpha value is -1.77. The van der Waals surface area contributed by atoms with Crippen molar-refractivity contribution in [3.63, 3.8) is 0 Å². The third kappa shape index (κ3) is 6.90. The largest absolute Gasteiger partial charge is 0.445 e. The SMILES string of the molecule is CCCCCCCCCCCC1=CC2CCC(C1)N2C(=O)OCc1ccccc1. The Kier molecular flexibility index (Phi) is 9.11. The Morgan fingerprint density at radius 3 is 2.34 bits per heavy atom. The highest BCUT2D eigenvalue weighted by molar-refractivity contribution is 5.70. The molecule has 0 radical (unpaired) electrons. The molecule has 2 aliphatic heterocycles. The van der Waals surface area contributed by atoms with Gasteiger partial charge in [0.2, 0.25) is 0 Å². The van der Waals surface area contributed by atoms with Gasteiger partial charge in [-0.1, -0.05) is 100 Å². The van der Waals surface area contributed by atoms with Crippen LogP contribution in [0.2, 0.25) is 0 Å². The minimum atomic E-state index is -0.139. The molecule has 1 fully saturated rings. The van der Waals surface area contributed by atoms with Gasteiger partial charge in [0.15, 0.2) is 0 Å². The van der Waals surface area contributed by atoms with E-state index in [1.54, 1.807) is 5.57 Å². The van der Waals surface area contributed by atoms with Crippen molar-refractivity contribution in [3.8, 4) is 0 Å². The lowest BCUT2D eigenvalue weighted by molar-refractivity contribution is 0.0814. The molecule has 0 aliphatic carbocycles. The zero-order chi connectivity index (χ0) is 20.3. The Labute approximate surface area is 177 Å². The minimum absolute atomic E-state index is 0.139. The highest BCUT2D eigenvalue weighted by atomic mass is 16.6. The first-order valence-electron chi connectivity index (χ1n) is 12.0. The predicted molar refractivity (Wildman–Crippen MR) is 120 cm³/mol. The molecule has 2 bridgehead atoms. The van der Waals surface area contributed by atoms with Crippen LogP contribution in [-0.2, 0) is 11.3 Å². The zero-order valence-electron chi connectivity index (χ0n) is 18.3. The molecule has 29 heavy (non-hydrogen) atoms. The van der Waals surface area contributed by atoms with E-state index >= 15 is 0 Å². The number of rotatable bonds is 12. The van der Waals surface area contributed by atoms with Gasteiger partial charge in [-0.3, -0.25) is 4.90 Å². The van der Waals surface area contributed by atoms with Crippen LogP contribution in [0.5, 0.6) is 0 Å². The Morgan fingerprint density at radius 2 is 1.66 bits per heavy atom. The van der Waals surface area contributed by atoms with Crippen LogP contribution in [0.1, 0.15) is 96.0 Å². The lowest BCUT2D eigenvalue weighted by Gasteiger charge is -2.33. The second-order valence-electron chi connectivity index (χ2n) is 8.85. The Balaban J connectivity index is 1.34. The summed E-state index contributed by atoms with van der Waals surface area (Å²) in [4.78, 5) is 14.6. The summed E-state index contributed by atoms with van der Waals surface area (Å²) >= 11 is 0. The van der Waals surface area contributed by atoms with Crippen molar-refractivity contribution in [1.29, 1.82) is 0 Å². The average Bonchev–Trinajstić information content (AvgIpc) is 3.02. The van der Waals surface area contributed by atoms with Gasteiger partial charge in [-0.2, -0.15) is 0 Å². The van der Waals surface area contributed by atoms with Crippen LogP contribution >= 0.6 is 0 Å². The molecule has 1 amide bonds. The summed E-state index contributed by atoms with van der Waals surface area (Å²) in [5, 5.41) is 0. The van der Waals surface area contributed by atoms with Crippen molar-refractivity contribution in [2.75, 3.05) is 0 Å². The van der Waals surface area contributed by atoms with Gasteiger partial charge in [-0.05, 0) is 37.7 Å². The van der Waals surface area contributed by atoms with Crippen LogP contribution in [0.25, 0.3) is 0 Å². The van der Waals surface area contributed by atoms with Crippen LogP contribution in [-0.4, -0.2) is 23.1 Å². The molecule has 1 aromatic rings. The number of hydrogen-bond acceptors (Lipinski definition) is 2. The molecule has 0 aromatic heterocycles. The molecular weight excluding hydrogens is 358 g/mol. The molecule has 3 heteroatoms. The molecule has 0 saturated carbocycles. The highest BCUT2D eigenvalue weighted by Crippen LogP contribution is 2.37. The van der Waals surface area contributed by atoms with Crippen LogP contribution < -0.4 is 0 Å². The van der Waals surface area contributed by atoms with Gasteiger partial charge in [0, 0.05) is 6.04 Å². The van der Waals surface area contributed by atoms with E-state index in [4.69, 9.17) is 4.74 Å². The lowest BCUT2D eigenvalue weighted by atomic mass is 9.96. The molecule has 0 N–H and O–H groups in total. The maximum absolute atomic E-state index is 12.6. The second-order valence-corrected chi connectivity index (χ2v) is 8.85. The van der Waals surface area contributed by atoms with Gasteiger partial charge in [0.1, 0.15) is 6.61 Å². The van der Waals surface area contributed by atoms with E-state index in [-0.39, 0.29) is 12.1 Å². The van der Waals surface area contributed by atoms with Gasteiger partial charge in [-0.25, -0.2) is 4.79 Å². The summed E-state index contributed by atoms with van der Waals surface area (Å²) in [5.41, 5.74) is 2.62. The van der Waals surface area contributed by atoms with E-state index in [9.17, 15) is 4.79 Å². The first kappa shape index (κ1) is 21.9. The van der Waals surface area contributed by atoms with Gasteiger partial charge >= 0.3 is 6.09 Å². The molecule has 3 rings (SSSR count). The van der Waals surface area contributed by atoms with Gasteiger partial charge in [0.05, 0.1) is 6.04 Å². The van der Waals surface area contributed by atoms with E-state index in [0.717, 1.165) is 24.8 Å². The average molecular weight is 398 g/mol. The fraction of sp³-hybridized carbons (Fsp3) is 0.654. The Bertz CT molecular complexity index is 639. The van der Waals surface area contributed by atoms with Crippen LogP contribution in [0.15, 0.2) is 42.0 Å². The van der Waals surface area contributed by atoms with Crippen molar-refractivity contribution in [2.24, 2.45) is 0 Å². The van der Waals surface area contributed by atoms with Gasteiger partial charge in [-0.15, -0.1) is 0 Å². The molecule has 1 aromatic carbocycles. The van der Waals surface area contributed by atoms with E-state index in [1.807, 2.05) is 35.2 Å². The fourth-order valence-corrected chi connectivity index (χ4v) is 4.85. The third-order valence-electron chi connectivity index (χ3n) is 6.49. The summed E-state index contributed by atoms with van der Waals surface area (Å²) in [6.07, 6.45) is 19.1. The lowest BCUT2D eigenvalue weighted by Crippen LogP contribution is -2.43. The zero-order valence-corrected chi connectivity index (χ0v) is 18.3. The van der Waals surface area contributed by atoms with Crippen molar-refractivity contribution < 1.29 is 9.53 Å². The van der Waals surface area contributed by atoms with Crippen LogP contribution in [0.4, 0.5) is 4.79 Å². The summed E-state index contributed by atoms with van der Waals surface area (Å²) < 4.78 is 5.60. The molecule has 2 unspecified atom stereocenters. The highest BCUT2D eigenvalue weighted by Gasteiger charge is 2.40. The monoisotopic (exact) mass is 397 g/mol. The predicted octanol–water partition coefficient (Wildman–Crippen LogP) is 7.41. The topological polar surface area (TPSA) is 29.5 Å².